The van der Waals surface area contributed by atoms with Crippen molar-refractivity contribution in [2.75, 3.05) is 0 Å². The van der Waals surface area contributed by atoms with E-state index in [2.05, 4.69) is 4.98 Å². The van der Waals surface area contributed by atoms with E-state index in [0.717, 1.165) is 37.0 Å². The highest BCUT2D eigenvalue weighted by Gasteiger charge is 2.26. The largest absolute Gasteiger partial charge is 0.461 e. The van der Waals surface area contributed by atoms with Crippen LogP contribution in [-0.2, 0) is 14.3 Å². The summed E-state index contributed by atoms with van der Waals surface area (Å²) in [5.41, 5.74) is 0.195. The summed E-state index contributed by atoms with van der Waals surface area (Å²) < 4.78 is 12.1. The predicted molar refractivity (Wildman–Crippen MR) is 107 cm³/mol. The molecule has 152 valence electrons. The van der Waals surface area contributed by atoms with Crippen LogP contribution >= 0.6 is 11.3 Å². The molecule has 1 atom stereocenters. The van der Waals surface area contributed by atoms with E-state index < -0.39 is 18.0 Å². The minimum atomic E-state index is -0.802. The van der Waals surface area contributed by atoms with Crippen LogP contribution in [0.4, 0.5) is 0 Å². The Bertz CT molecular complexity index is 940. The first kappa shape index (κ1) is 20.5. The van der Waals surface area contributed by atoms with Crippen molar-refractivity contribution in [2.24, 2.45) is 0 Å². The van der Waals surface area contributed by atoms with Crippen LogP contribution in [0.3, 0.4) is 0 Å². The number of fused-ring (bicyclic) bond motifs is 1. The molecule has 1 saturated carbocycles. The smallest absolute Gasteiger partial charge is 0.348 e. The average molecular weight is 407 g/mol. The number of hydrogen-bond acceptors (Lipinski definition) is 7. The van der Waals surface area contributed by atoms with Crippen molar-refractivity contribution in [3.63, 3.8) is 0 Å². The van der Waals surface area contributed by atoms with Crippen LogP contribution in [0, 0.1) is 6.92 Å². The Hall–Kier alpha value is -2.22. The van der Waals surface area contributed by atoms with E-state index in [1.807, 2.05) is 0 Å². The lowest BCUT2D eigenvalue weighted by Gasteiger charge is -2.21. The van der Waals surface area contributed by atoms with Crippen LogP contribution in [-0.4, -0.2) is 33.7 Å². The van der Waals surface area contributed by atoms with Gasteiger partial charge in [-0.05, 0) is 58.9 Å². The summed E-state index contributed by atoms with van der Waals surface area (Å²) >= 11 is 1.16. The first-order valence-corrected chi connectivity index (χ1v) is 10.5. The van der Waals surface area contributed by atoms with E-state index in [4.69, 9.17) is 9.47 Å². The summed E-state index contributed by atoms with van der Waals surface area (Å²) in [6, 6.07) is -0.802. The molecule has 2 aromatic heterocycles. The Morgan fingerprint density at radius 1 is 1.21 bits per heavy atom. The Labute approximate surface area is 167 Å². The number of carbonyl (C=O) groups excluding carboxylic acids is 2. The lowest BCUT2D eigenvalue weighted by Crippen LogP contribution is -2.30. The van der Waals surface area contributed by atoms with Crippen LogP contribution in [0.1, 0.15) is 74.2 Å². The molecule has 7 nitrogen and oxygen atoms in total. The van der Waals surface area contributed by atoms with Gasteiger partial charge in [-0.1, -0.05) is 6.42 Å². The minimum absolute atomic E-state index is 0.0543. The van der Waals surface area contributed by atoms with Crippen molar-refractivity contribution >= 4 is 33.5 Å². The van der Waals surface area contributed by atoms with E-state index in [0.29, 0.717) is 20.7 Å². The maximum atomic E-state index is 13.0. The number of esters is 2. The molecular weight excluding hydrogens is 380 g/mol. The van der Waals surface area contributed by atoms with E-state index in [1.54, 1.807) is 27.7 Å². The fourth-order valence-electron chi connectivity index (χ4n) is 3.44. The van der Waals surface area contributed by atoms with Gasteiger partial charge < -0.3 is 9.47 Å². The molecule has 0 aromatic carbocycles. The number of aryl methyl sites for hydroxylation is 1. The van der Waals surface area contributed by atoms with Crippen molar-refractivity contribution in [1.82, 2.24) is 9.55 Å². The van der Waals surface area contributed by atoms with Crippen LogP contribution in [0.25, 0.3) is 10.2 Å². The zero-order valence-electron chi connectivity index (χ0n) is 16.7. The van der Waals surface area contributed by atoms with Crippen LogP contribution < -0.4 is 5.56 Å². The van der Waals surface area contributed by atoms with Crippen molar-refractivity contribution in [3.8, 4) is 0 Å². The molecule has 3 rings (SSSR count). The van der Waals surface area contributed by atoms with Gasteiger partial charge in [0.1, 0.15) is 21.9 Å². The molecule has 0 aliphatic heterocycles. The molecule has 1 fully saturated rings. The zero-order chi connectivity index (χ0) is 20.4. The zero-order valence-corrected chi connectivity index (χ0v) is 17.5. The Kier molecular flexibility index (Phi) is 6.17. The van der Waals surface area contributed by atoms with Crippen LogP contribution in [0.15, 0.2) is 11.1 Å². The standard InChI is InChI=1S/C20H26N2O5S/c1-11(2)26-19(24)13(4)22-10-21-17-15(18(22)23)12(3)16(28-17)20(25)27-14-8-6-5-7-9-14/h10-11,13-14H,5-9H2,1-4H3. The van der Waals surface area contributed by atoms with E-state index in [-0.39, 0.29) is 17.8 Å². The molecule has 8 heteroatoms. The van der Waals surface area contributed by atoms with Gasteiger partial charge in [0.2, 0.25) is 0 Å². The fourth-order valence-corrected chi connectivity index (χ4v) is 4.46. The number of nitrogens with zero attached hydrogens (tertiary/aromatic N) is 2. The molecule has 1 unspecified atom stereocenters. The van der Waals surface area contributed by atoms with Gasteiger partial charge in [0.15, 0.2) is 0 Å². The third-order valence-corrected chi connectivity index (χ3v) is 6.18. The van der Waals surface area contributed by atoms with Gasteiger partial charge in [-0.3, -0.25) is 9.36 Å². The molecule has 1 aliphatic carbocycles. The second-order valence-corrected chi connectivity index (χ2v) is 8.52. The molecule has 2 heterocycles. The summed E-state index contributed by atoms with van der Waals surface area (Å²) in [7, 11) is 0. The summed E-state index contributed by atoms with van der Waals surface area (Å²) in [4.78, 5) is 43.0. The molecule has 2 aromatic rings. The minimum Gasteiger partial charge on any atom is -0.461 e. The van der Waals surface area contributed by atoms with Crippen molar-refractivity contribution in [2.45, 2.75) is 78.0 Å². The summed E-state index contributed by atoms with van der Waals surface area (Å²) in [6.07, 6.45) is 6.10. The summed E-state index contributed by atoms with van der Waals surface area (Å²) in [5.74, 6) is -0.895. The number of hydrogen-bond donors (Lipinski definition) is 0. The second kappa shape index (κ2) is 8.43. The van der Waals surface area contributed by atoms with E-state index in [9.17, 15) is 14.4 Å². The maximum absolute atomic E-state index is 13.0. The molecule has 0 saturated heterocycles. The van der Waals surface area contributed by atoms with Gasteiger partial charge in [0.05, 0.1) is 17.8 Å². The van der Waals surface area contributed by atoms with Gasteiger partial charge in [-0.15, -0.1) is 11.3 Å². The highest BCUT2D eigenvalue weighted by atomic mass is 32.1. The third kappa shape index (κ3) is 4.11. The van der Waals surface area contributed by atoms with Gasteiger partial charge in [-0.25, -0.2) is 14.6 Å². The quantitative estimate of drug-likeness (QED) is 0.703. The van der Waals surface area contributed by atoms with Crippen molar-refractivity contribution in [1.29, 1.82) is 0 Å². The predicted octanol–water partition coefficient (Wildman–Crippen LogP) is 3.77. The summed E-state index contributed by atoms with van der Waals surface area (Å²) in [5, 5.41) is 0.354. The molecular formula is C20H26N2O5S. The fraction of sp³-hybridized carbons (Fsp3) is 0.600. The first-order valence-electron chi connectivity index (χ1n) is 9.71. The number of thiophene rings is 1. The topological polar surface area (TPSA) is 87.5 Å². The molecule has 28 heavy (non-hydrogen) atoms. The molecule has 0 bridgehead atoms. The van der Waals surface area contributed by atoms with Gasteiger partial charge in [0, 0.05) is 0 Å². The number of ether oxygens (including phenoxy) is 2. The van der Waals surface area contributed by atoms with E-state index in [1.165, 1.54) is 17.3 Å². The highest BCUT2D eigenvalue weighted by molar-refractivity contribution is 7.20. The molecule has 0 N–H and O–H groups in total. The lowest BCUT2D eigenvalue weighted by molar-refractivity contribution is -0.151. The maximum Gasteiger partial charge on any atom is 0.348 e. The number of aromatic nitrogens is 2. The highest BCUT2D eigenvalue weighted by Crippen LogP contribution is 2.29. The molecule has 0 radical (unpaired) electrons. The van der Waals surface area contributed by atoms with Crippen molar-refractivity contribution < 1.29 is 19.1 Å². The first-order chi connectivity index (χ1) is 13.3. The Morgan fingerprint density at radius 2 is 1.89 bits per heavy atom. The summed E-state index contributed by atoms with van der Waals surface area (Å²) in [6.45, 7) is 6.82. The second-order valence-electron chi connectivity index (χ2n) is 7.52. The number of rotatable bonds is 5. The Balaban J connectivity index is 1.91. The van der Waals surface area contributed by atoms with Gasteiger partial charge >= 0.3 is 11.9 Å². The van der Waals surface area contributed by atoms with Crippen LogP contribution in [0.5, 0.6) is 0 Å². The lowest BCUT2D eigenvalue weighted by atomic mass is 9.98. The number of carbonyl (C=O) groups is 2. The monoisotopic (exact) mass is 406 g/mol. The van der Waals surface area contributed by atoms with E-state index >= 15 is 0 Å². The Morgan fingerprint density at radius 3 is 2.54 bits per heavy atom. The molecule has 0 spiro atoms. The van der Waals surface area contributed by atoms with Crippen LogP contribution in [0.2, 0.25) is 0 Å². The molecule has 1 aliphatic rings. The SMILES string of the molecule is Cc1c(C(=O)OC2CCCCC2)sc2ncn(C(C)C(=O)OC(C)C)c(=O)c12. The third-order valence-electron chi connectivity index (χ3n) is 5.00. The van der Waals surface area contributed by atoms with Gasteiger partial charge in [-0.2, -0.15) is 0 Å². The average Bonchev–Trinajstić information content (AvgIpc) is 2.99. The van der Waals surface area contributed by atoms with Crippen molar-refractivity contribution in [3.05, 3.63) is 27.1 Å². The molecule has 0 amide bonds. The normalized spacial score (nSPS) is 16.3. The van der Waals surface area contributed by atoms with Gasteiger partial charge in [0.25, 0.3) is 5.56 Å².